The monoisotopic (exact) mass is 1100 g/mol. The number of aromatic nitrogens is 4. The van der Waals surface area contributed by atoms with E-state index in [1.165, 1.54) is 133 Å². The zero-order valence-electron chi connectivity index (χ0n) is 55.2. The molecule has 0 radical (unpaired) electrons. The molecular weight excluding hydrogens is 1000 g/mol. The Morgan fingerprint density at radius 3 is 1.43 bits per heavy atom. The first-order valence-electron chi connectivity index (χ1n) is 31.8. The first-order chi connectivity index (χ1) is 39.4. The van der Waals surface area contributed by atoms with Gasteiger partial charge in [0, 0.05) is 75.6 Å². The van der Waals surface area contributed by atoms with Crippen LogP contribution in [0.1, 0.15) is 207 Å². The average molecular weight is 1100 g/mol. The van der Waals surface area contributed by atoms with E-state index in [1.807, 2.05) is 0 Å². The molecule has 4 aromatic heterocycles. The Morgan fingerprint density at radius 2 is 0.867 bits per heavy atom. The molecular formula is C79H98N4+4. The minimum atomic E-state index is -0.456. The van der Waals surface area contributed by atoms with Gasteiger partial charge in [-0.2, -0.15) is 0 Å². The number of hydrogen-bond acceptors (Lipinski definition) is 0. The van der Waals surface area contributed by atoms with Gasteiger partial charge < -0.3 is 0 Å². The van der Waals surface area contributed by atoms with Crippen molar-refractivity contribution in [3.05, 3.63) is 213 Å². The van der Waals surface area contributed by atoms with Gasteiger partial charge in [-0.15, -0.1) is 0 Å². The summed E-state index contributed by atoms with van der Waals surface area (Å²) in [5.74, 6) is 1.19. The molecule has 83 heavy (non-hydrogen) atoms. The summed E-state index contributed by atoms with van der Waals surface area (Å²) in [5, 5.41) is 0. The van der Waals surface area contributed by atoms with Gasteiger partial charge in [-0.1, -0.05) is 149 Å². The maximum absolute atomic E-state index is 9.25. The molecule has 4 heteroatoms. The topological polar surface area (TPSA) is 15.5 Å². The molecule has 4 unspecified atom stereocenters. The van der Waals surface area contributed by atoms with Gasteiger partial charge in [0.15, 0.2) is 24.8 Å². The number of pyridine rings is 4. The highest BCUT2D eigenvalue weighted by atomic mass is 14.9. The molecule has 0 N–H and O–H groups in total. The van der Waals surface area contributed by atoms with E-state index >= 15 is 0 Å². The molecule has 4 aromatic carbocycles. The van der Waals surface area contributed by atoms with E-state index in [-0.39, 0.29) is 32.5 Å². The van der Waals surface area contributed by atoms with Crippen molar-refractivity contribution < 1.29 is 19.6 Å². The molecule has 0 amide bonds. The Labute approximate surface area is 502 Å². The van der Waals surface area contributed by atoms with Crippen LogP contribution in [0, 0.1) is 33.1 Å². The fourth-order valence-electron chi connectivity index (χ4n) is 17.4. The predicted molar refractivity (Wildman–Crippen MR) is 345 cm³/mol. The van der Waals surface area contributed by atoms with Crippen LogP contribution in [0.15, 0.2) is 146 Å². The number of hydrogen-bond donors (Lipinski definition) is 0. The van der Waals surface area contributed by atoms with E-state index < -0.39 is 5.89 Å². The molecule has 4 atom stereocenters. The largest absolute Gasteiger partial charge is 0.216 e. The Kier molecular flexibility index (Phi) is 14.3. The lowest BCUT2D eigenvalue weighted by molar-refractivity contribution is -0.661. The predicted octanol–water partition coefficient (Wildman–Crippen LogP) is 17.4. The third-order valence-corrected chi connectivity index (χ3v) is 21.8. The molecule has 6 aliphatic carbocycles. The SMILES string of the molecule is Cc1ccccc1-c1c2c(cc[n+]1C)C(C)(C)CC2(C)C.Cc1ccccc1-c1c2c(cc[n+]1C)C1CCC2C1.Cc1ccccc1-c1cc2c(c[n+]1C)C(C)(C)CC2(C)C.[2H]C12CCC(C)(c3c[n+](C)c(-c4ccccc4C)cc31)C2(C)C. The summed E-state index contributed by atoms with van der Waals surface area (Å²) in [6.45, 7) is 34.8. The maximum Gasteiger partial charge on any atom is 0.216 e. The lowest BCUT2D eigenvalue weighted by Crippen LogP contribution is -2.36. The van der Waals surface area contributed by atoms with Crippen LogP contribution in [0.3, 0.4) is 0 Å². The normalized spacial score (nSPS) is 23.3. The molecule has 4 heterocycles. The van der Waals surface area contributed by atoms with E-state index in [2.05, 4.69) is 296 Å². The van der Waals surface area contributed by atoms with Crippen LogP contribution >= 0.6 is 0 Å². The second kappa shape index (κ2) is 20.9. The van der Waals surface area contributed by atoms with Crippen LogP contribution in [0.5, 0.6) is 0 Å². The number of fused-ring (bicyclic) bond motifs is 12. The minimum absolute atomic E-state index is 0.0142. The van der Waals surface area contributed by atoms with Gasteiger partial charge in [0.05, 0.1) is 0 Å². The highest BCUT2D eigenvalue weighted by Crippen LogP contribution is 2.67. The molecule has 14 rings (SSSR count). The Bertz CT molecular complexity index is 3900. The second-order valence-electron chi connectivity index (χ2n) is 29.7. The van der Waals surface area contributed by atoms with Gasteiger partial charge in [0.1, 0.15) is 28.2 Å². The summed E-state index contributed by atoms with van der Waals surface area (Å²) in [7, 11) is 8.67. The van der Waals surface area contributed by atoms with Crippen LogP contribution in [-0.4, -0.2) is 0 Å². The van der Waals surface area contributed by atoms with Gasteiger partial charge in [0.25, 0.3) is 0 Å². The molecule has 0 saturated heterocycles. The Morgan fingerprint density at radius 1 is 0.422 bits per heavy atom. The molecule has 2 fully saturated rings. The molecule has 0 aliphatic heterocycles. The van der Waals surface area contributed by atoms with Crippen molar-refractivity contribution in [3.8, 4) is 45.0 Å². The van der Waals surface area contributed by atoms with Crippen LogP contribution in [0.4, 0.5) is 0 Å². The summed E-state index contributed by atoms with van der Waals surface area (Å²) in [6, 6.07) is 44.1. The summed E-state index contributed by atoms with van der Waals surface area (Å²) in [6.07, 6.45) is 17.8. The van der Waals surface area contributed by atoms with Crippen molar-refractivity contribution >= 4 is 0 Å². The fourth-order valence-corrected chi connectivity index (χ4v) is 17.4. The molecule has 8 aromatic rings. The smallest absolute Gasteiger partial charge is 0.201 e. The fraction of sp³-hybridized carbons (Fsp3) is 0.443. The van der Waals surface area contributed by atoms with E-state index in [1.54, 1.807) is 11.1 Å². The summed E-state index contributed by atoms with van der Waals surface area (Å²) in [4.78, 5) is 0. The summed E-state index contributed by atoms with van der Waals surface area (Å²) < 4.78 is 18.4. The third kappa shape index (κ3) is 9.84. The van der Waals surface area contributed by atoms with Crippen LogP contribution < -0.4 is 18.3 Å². The average Bonchev–Trinajstić information content (AvgIpc) is 1.54. The van der Waals surface area contributed by atoms with E-state index in [0.717, 1.165) is 24.7 Å². The lowest BCUT2D eigenvalue weighted by atomic mass is 9.69. The van der Waals surface area contributed by atoms with Crippen molar-refractivity contribution in [2.24, 2.45) is 33.6 Å². The maximum atomic E-state index is 9.25. The van der Waals surface area contributed by atoms with Crippen LogP contribution in [0.2, 0.25) is 0 Å². The standard InChI is InChI=1S/C21H26N.2C20H26N.C18H20N/c1-14-8-6-7-9-15(14)19-12-16-17-10-11-21(4,20(17,2)3)18(16)13-22(19)5;1-14-9-7-8-10-15(14)18-11-16-17(12-21(18)6)20(4,5)13-19(16,2)3;1-14-9-7-8-10-15(14)18-17-16(11-12-21(18)6)19(2,3)13-20(17,4)5;1-12-5-3-4-6-15(12)18-17-14-8-7-13(11-14)16(17)9-10-19(18)2/h6-9,12-13,17H,10-11H2,1-5H3;2*7-12H,13H2,1-6H3;3-6,9-10,13-14H,7-8,11H2,1-2H3/q4*+1/i17D;;;. The second-order valence-corrected chi connectivity index (χ2v) is 29.7. The number of nitrogens with zero attached hydrogens (tertiary/aromatic N) is 4. The van der Waals surface area contributed by atoms with Crippen LogP contribution in [-0.2, 0) is 55.3 Å². The zero-order valence-corrected chi connectivity index (χ0v) is 54.2. The van der Waals surface area contributed by atoms with Gasteiger partial charge in [-0.05, 0) is 186 Å². The molecule has 430 valence electrons. The highest BCUT2D eigenvalue weighted by Gasteiger charge is 2.60. The van der Waals surface area contributed by atoms with Crippen molar-refractivity contribution in [2.45, 2.75) is 194 Å². The summed E-state index contributed by atoms with van der Waals surface area (Å²) >= 11 is 0. The van der Waals surface area contributed by atoms with Crippen molar-refractivity contribution in [3.63, 3.8) is 0 Å². The van der Waals surface area contributed by atoms with Crippen molar-refractivity contribution in [1.82, 2.24) is 0 Å². The van der Waals surface area contributed by atoms with Gasteiger partial charge in [-0.25, -0.2) is 18.3 Å². The molecule has 4 nitrogen and oxygen atoms in total. The summed E-state index contributed by atoms with van der Waals surface area (Å²) in [5.41, 5.74) is 29.2. The number of rotatable bonds is 4. The zero-order chi connectivity index (χ0) is 60.4. The molecule has 4 bridgehead atoms. The quantitative estimate of drug-likeness (QED) is 0.156. The number of benzene rings is 4. The molecule has 6 aliphatic rings. The lowest BCUT2D eigenvalue weighted by Gasteiger charge is -2.34. The Hall–Kier alpha value is -6.52. The Balaban J connectivity index is 0.000000117. The van der Waals surface area contributed by atoms with Gasteiger partial charge >= 0.3 is 0 Å². The van der Waals surface area contributed by atoms with E-state index in [0.29, 0.717) is 0 Å². The highest BCUT2D eigenvalue weighted by molar-refractivity contribution is 5.70. The van der Waals surface area contributed by atoms with Gasteiger partial charge in [-0.3, -0.25) is 0 Å². The molecule has 0 spiro atoms. The van der Waals surface area contributed by atoms with Crippen LogP contribution in [0.25, 0.3) is 45.0 Å². The first kappa shape index (κ1) is 56.9. The van der Waals surface area contributed by atoms with E-state index in [9.17, 15) is 1.37 Å². The van der Waals surface area contributed by atoms with Gasteiger partial charge in [0.2, 0.25) is 22.8 Å². The third-order valence-electron chi connectivity index (χ3n) is 21.8. The van der Waals surface area contributed by atoms with E-state index in [4.69, 9.17) is 0 Å². The van der Waals surface area contributed by atoms with Crippen molar-refractivity contribution in [1.29, 1.82) is 0 Å². The first-order valence-corrected chi connectivity index (χ1v) is 31.3. The molecule has 2 saturated carbocycles. The van der Waals surface area contributed by atoms with Crippen molar-refractivity contribution in [2.75, 3.05) is 0 Å². The number of aryl methyl sites for hydroxylation is 8. The minimum Gasteiger partial charge on any atom is -0.201 e.